The highest BCUT2D eigenvalue weighted by molar-refractivity contribution is 6.31. The lowest BCUT2D eigenvalue weighted by molar-refractivity contribution is -0.122. The predicted molar refractivity (Wildman–Crippen MR) is 109 cm³/mol. The van der Waals surface area contributed by atoms with Crippen molar-refractivity contribution in [2.24, 2.45) is 0 Å². The van der Waals surface area contributed by atoms with Crippen molar-refractivity contribution in [1.29, 1.82) is 0 Å². The average molecular weight is 394 g/mol. The number of ether oxygens (including phenoxy) is 2. The number of halogens is 1. The summed E-state index contributed by atoms with van der Waals surface area (Å²) in [4.78, 5) is 13.2. The van der Waals surface area contributed by atoms with Gasteiger partial charge >= 0.3 is 0 Å². The van der Waals surface area contributed by atoms with Crippen LogP contribution in [0.15, 0.2) is 72.8 Å². The molecule has 0 radical (unpaired) electrons. The van der Waals surface area contributed by atoms with E-state index in [9.17, 15) is 4.79 Å². The van der Waals surface area contributed by atoms with E-state index < -0.39 is 5.92 Å². The first-order valence-corrected chi connectivity index (χ1v) is 9.47. The molecule has 1 aliphatic heterocycles. The van der Waals surface area contributed by atoms with Crippen LogP contribution in [0.4, 0.5) is 0 Å². The first-order chi connectivity index (χ1) is 13.7. The van der Waals surface area contributed by atoms with Gasteiger partial charge in [-0.3, -0.25) is 4.79 Å². The van der Waals surface area contributed by atoms with E-state index in [1.54, 1.807) is 7.11 Å². The molecule has 1 heterocycles. The van der Waals surface area contributed by atoms with Crippen molar-refractivity contribution in [2.45, 2.75) is 12.0 Å². The lowest BCUT2D eigenvalue weighted by Gasteiger charge is -2.28. The van der Waals surface area contributed by atoms with Gasteiger partial charge in [0.15, 0.2) is 0 Å². The minimum Gasteiger partial charge on any atom is -0.457 e. The summed E-state index contributed by atoms with van der Waals surface area (Å²) < 4.78 is 11.5. The second kappa shape index (κ2) is 8.05. The number of rotatable bonds is 5. The largest absolute Gasteiger partial charge is 0.457 e. The fourth-order valence-corrected chi connectivity index (χ4v) is 3.80. The van der Waals surface area contributed by atoms with Gasteiger partial charge in [0.05, 0.1) is 5.92 Å². The van der Waals surface area contributed by atoms with Crippen molar-refractivity contribution in [3.8, 4) is 11.5 Å². The molecule has 4 nitrogen and oxygen atoms in total. The van der Waals surface area contributed by atoms with Crippen LogP contribution in [-0.2, 0) is 9.53 Å². The number of nitrogens with one attached hydrogen (secondary N) is 1. The number of para-hydroxylation sites is 2. The molecule has 0 saturated carbocycles. The van der Waals surface area contributed by atoms with E-state index in [2.05, 4.69) is 5.32 Å². The Balaban J connectivity index is 1.59. The van der Waals surface area contributed by atoms with E-state index in [1.807, 2.05) is 72.8 Å². The SMILES string of the molecule is COC(CNC(=O)C1c2ccccc2Oc2ccccc21)c1ccccc1Cl. The number of amides is 1. The van der Waals surface area contributed by atoms with Gasteiger partial charge in [-0.2, -0.15) is 0 Å². The molecular weight excluding hydrogens is 374 g/mol. The molecule has 1 aliphatic rings. The zero-order chi connectivity index (χ0) is 19.5. The fraction of sp³-hybridized carbons (Fsp3) is 0.174. The van der Waals surface area contributed by atoms with Crippen LogP contribution >= 0.6 is 11.6 Å². The lowest BCUT2D eigenvalue weighted by atomic mass is 9.87. The zero-order valence-electron chi connectivity index (χ0n) is 15.4. The van der Waals surface area contributed by atoms with Crippen molar-refractivity contribution < 1.29 is 14.3 Å². The Bertz CT molecular complexity index is 959. The number of methoxy groups -OCH3 is 1. The first-order valence-electron chi connectivity index (χ1n) is 9.09. The van der Waals surface area contributed by atoms with Gasteiger partial charge in [0.1, 0.15) is 17.6 Å². The third-order valence-corrected chi connectivity index (χ3v) is 5.28. The molecule has 0 aliphatic carbocycles. The monoisotopic (exact) mass is 393 g/mol. The quantitative estimate of drug-likeness (QED) is 0.657. The van der Waals surface area contributed by atoms with E-state index in [4.69, 9.17) is 21.1 Å². The Morgan fingerprint density at radius 2 is 1.57 bits per heavy atom. The smallest absolute Gasteiger partial charge is 0.232 e. The van der Waals surface area contributed by atoms with Crippen molar-refractivity contribution in [2.75, 3.05) is 13.7 Å². The van der Waals surface area contributed by atoms with Gasteiger partial charge in [-0.25, -0.2) is 0 Å². The molecule has 0 fully saturated rings. The molecule has 1 unspecified atom stereocenters. The molecular formula is C23H20ClNO3. The Morgan fingerprint density at radius 1 is 1.00 bits per heavy atom. The molecule has 5 heteroatoms. The van der Waals surface area contributed by atoms with Crippen LogP contribution in [0.1, 0.15) is 28.7 Å². The van der Waals surface area contributed by atoms with Crippen molar-refractivity contribution in [3.05, 3.63) is 94.5 Å². The summed E-state index contributed by atoms with van der Waals surface area (Å²) in [5.41, 5.74) is 2.55. The van der Waals surface area contributed by atoms with Gasteiger partial charge < -0.3 is 14.8 Å². The predicted octanol–water partition coefficient (Wildman–Crippen LogP) is 5.08. The summed E-state index contributed by atoms with van der Waals surface area (Å²) >= 11 is 6.29. The maximum atomic E-state index is 13.2. The average Bonchev–Trinajstić information content (AvgIpc) is 2.73. The lowest BCUT2D eigenvalue weighted by Crippen LogP contribution is -2.34. The van der Waals surface area contributed by atoms with E-state index in [1.165, 1.54) is 0 Å². The van der Waals surface area contributed by atoms with Gasteiger partial charge in [0, 0.05) is 35.4 Å². The summed E-state index contributed by atoms with van der Waals surface area (Å²) in [7, 11) is 1.61. The van der Waals surface area contributed by atoms with Crippen LogP contribution in [0.25, 0.3) is 0 Å². The Morgan fingerprint density at radius 3 is 2.18 bits per heavy atom. The molecule has 1 amide bonds. The second-order valence-corrected chi connectivity index (χ2v) is 7.01. The fourth-order valence-electron chi connectivity index (χ4n) is 3.54. The minimum atomic E-state index is -0.440. The molecule has 3 aromatic carbocycles. The second-order valence-electron chi connectivity index (χ2n) is 6.60. The molecule has 0 bridgehead atoms. The molecule has 1 N–H and O–H groups in total. The van der Waals surface area contributed by atoms with Gasteiger partial charge in [-0.1, -0.05) is 66.2 Å². The molecule has 4 rings (SSSR count). The van der Waals surface area contributed by atoms with E-state index in [0.29, 0.717) is 23.1 Å². The van der Waals surface area contributed by atoms with Gasteiger partial charge in [0.2, 0.25) is 5.91 Å². The number of hydrogen-bond donors (Lipinski definition) is 1. The van der Waals surface area contributed by atoms with E-state index in [-0.39, 0.29) is 12.0 Å². The number of carbonyl (C=O) groups is 1. The Kier molecular flexibility index (Phi) is 5.33. The number of carbonyl (C=O) groups excluding carboxylic acids is 1. The summed E-state index contributed by atoms with van der Waals surface area (Å²) in [6.07, 6.45) is -0.331. The minimum absolute atomic E-state index is 0.0997. The molecule has 0 spiro atoms. The van der Waals surface area contributed by atoms with Crippen LogP contribution < -0.4 is 10.1 Å². The van der Waals surface area contributed by atoms with Crippen molar-refractivity contribution in [3.63, 3.8) is 0 Å². The van der Waals surface area contributed by atoms with E-state index in [0.717, 1.165) is 16.7 Å². The standard InChI is InChI=1S/C23H20ClNO3/c1-27-21(15-8-2-5-11-18(15)24)14-25-23(26)22-16-9-3-6-12-19(16)28-20-13-7-4-10-17(20)22/h2-13,21-22H,14H2,1H3,(H,25,26). The van der Waals surface area contributed by atoms with Crippen LogP contribution in [0.5, 0.6) is 11.5 Å². The third-order valence-electron chi connectivity index (χ3n) is 4.94. The molecule has 142 valence electrons. The molecule has 0 saturated heterocycles. The van der Waals surface area contributed by atoms with Gasteiger partial charge in [0.25, 0.3) is 0 Å². The summed E-state index contributed by atoms with van der Waals surface area (Å²) in [5.74, 6) is 0.869. The molecule has 3 aromatic rings. The normalized spacial score (nSPS) is 13.8. The zero-order valence-corrected chi connectivity index (χ0v) is 16.1. The summed E-state index contributed by atoms with van der Waals surface area (Å²) in [5, 5.41) is 3.65. The Labute approximate surface area is 169 Å². The van der Waals surface area contributed by atoms with Crippen LogP contribution in [0.3, 0.4) is 0 Å². The van der Waals surface area contributed by atoms with Crippen LogP contribution in [0.2, 0.25) is 5.02 Å². The van der Waals surface area contributed by atoms with Gasteiger partial charge in [-0.15, -0.1) is 0 Å². The van der Waals surface area contributed by atoms with Gasteiger partial charge in [-0.05, 0) is 18.2 Å². The van der Waals surface area contributed by atoms with Crippen molar-refractivity contribution in [1.82, 2.24) is 5.32 Å². The third kappa shape index (κ3) is 3.49. The highest BCUT2D eigenvalue weighted by Crippen LogP contribution is 2.43. The maximum absolute atomic E-state index is 13.2. The van der Waals surface area contributed by atoms with Crippen LogP contribution in [-0.4, -0.2) is 19.6 Å². The topological polar surface area (TPSA) is 47.6 Å². The molecule has 1 atom stereocenters. The summed E-state index contributed by atoms with van der Waals surface area (Å²) in [6.45, 7) is 0.320. The molecule has 28 heavy (non-hydrogen) atoms. The van der Waals surface area contributed by atoms with Crippen molar-refractivity contribution >= 4 is 17.5 Å². The highest BCUT2D eigenvalue weighted by atomic mass is 35.5. The number of benzene rings is 3. The number of hydrogen-bond acceptors (Lipinski definition) is 3. The first kappa shape index (κ1) is 18.5. The maximum Gasteiger partial charge on any atom is 0.232 e. The Hall–Kier alpha value is -2.82. The molecule has 0 aromatic heterocycles. The highest BCUT2D eigenvalue weighted by Gasteiger charge is 2.32. The van der Waals surface area contributed by atoms with E-state index >= 15 is 0 Å². The number of fused-ring (bicyclic) bond motifs is 2. The summed E-state index contributed by atoms with van der Waals surface area (Å²) in [6, 6.07) is 22.7. The van der Waals surface area contributed by atoms with Crippen LogP contribution in [0, 0.1) is 0 Å².